The fourth-order valence-corrected chi connectivity index (χ4v) is 2.05. The second-order valence-electron chi connectivity index (χ2n) is 4.84. The summed E-state index contributed by atoms with van der Waals surface area (Å²) in [5.74, 6) is -2.29. The van der Waals surface area contributed by atoms with Crippen LogP contribution >= 0.6 is 0 Å². The molecule has 0 atom stereocenters. The third-order valence-corrected chi connectivity index (χ3v) is 3.22. The molecule has 0 aromatic heterocycles. The molecule has 0 bridgehead atoms. The van der Waals surface area contributed by atoms with Gasteiger partial charge in [0.15, 0.2) is 0 Å². The van der Waals surface area contributed by atoms with Crippen molar-refractivity contribution in [3.8, 4) is 5.75 Å². The van der Waals surface area contributed by atoms with Crippen LogP contribution in [0.25, 0.3) is 0 Å². The highest BCUT2D eigenvalue weighted by Gasteiger charge is 2.13. The molecule has 7 heteroatoms. The molecule has 0 radical (unpaired) electrons. The zero-order valence-corrected chi connectivity index (χ0v) is 12.9. The summed E-state index contributed by atoms with van der Waals surface area (Å²) in [5, 5.41) is 5.06. The summed E-state index contributed by atoms with van der Waals surface area (Å²) in [6, 6.07) is 9.42. The molecule has 0 unspecified atom stereocenters. The Bertz CT molecular complexity index is 750. The van der Waals surface area contributed by atoms with E-state index in [0.29, 0.717) is 17.4 Å². The van der Waals surface area contributed by atoms with E-state index in [0.717, 1.165) is 12.1 Å². The van der Waals surface area contributed by atoms with E-state index in [1.54, 1.807) is 24.3 Å². The van der Waals surface area contributed by atoms with E-state index in [2.05, 4.69) is 10.6 Å². The third kappa shape index (κ3) is 4.28. The lowest BCUT2D eigenvalue weighted by atomic mass is 10.2. The number of halogens is 2. The van der Waals surface area contributed by atoms with E-state index in [-0.39, 0.29) is 24.6 Å². The van der Waals surface area contributed by atoms with E-state index >= 15 is 0 Å². The number of benzene rings is 2. The number of ether oxygens (including phenoxy) is 1. The van der Waals surface area contributed by atoms with Crippen LogP contribution in [0.5, 0.6) is 5.75 Å². The molecule has 0 aliphatic carbocycles. The van der Waals surface area contributed by atoms with Gasteiger partial charge in [-0.2, -0.15) is 0 Å². The zero-order chi connectivity index (χ0) is 17.5. The van der Waals surface area contributed by atoms with Gasteiger partial charge in [0.2, 0.25) is 0 Å². The Kier molecular flexibility index (Phi) is 5.83. The quantitative estimate of drug-likeness (QED) is 0.796. The van der Waals surface area contributed by atoms with Crippen LogP contribution in [0.2, 0.25) is 0 Å². The van der Waals surface area contributed by atoms with Crippen molar-refractivity contribution in [1.82, 2.24) is 10.6 Å². The molecule has 126 valence electrons. The van der Waals surface area contributed by atoms with Crippen molar-refractivity contribution in [3.05, 3.63) is 65.2 Å². The first-order chi connectivity index (χ1) is 11.5. The normalized spacial score (nSPS) is 10.1. The Morgan fingerprint density at radius 2 is 1.58 bits per heavy atom. The molecule has 2 amide bonds. The third-order valence-electron chi connectivity index (χ3n) is 3.22. The van der Waals surface area contributed by atoms with E-state index in [4.69, 9.17) is 4.74 Å². The van der Waals surface area contributed by atoms with E-state index in [1.165, 1.54) is 7.11 Å². The van der Waals surface area contributed by atoms with Crippen molar-refractivity contribution in [2.45, 2.75) is 0 Å². The van der Waals surface area contributed by atoms with Crippen molar-refractivity contribution in [2.75, 3.05) is 20.2 Å². The number of carbonyl (C=O) groups is 2. The Morgan fingerprint density at radius 3 is 2.21 bits per heavy atom. The molecular formula is C17H16F2N2O3. The molecule has 0 heterocycles. The predicted octanol–water partition coefficient (Wildman–Crippen LogP) is 2.13. The van der Waals surface area contributed by atoms with Crippen LogP contribution in [0.3, 0.4) is 0 Å². The molecule has 0 saturated heterocycles. The summed E-state index contributed by atoms with van der Waals surface area (Å²) in [7, 11) is 1.46. The fraction of sp³-hybridized carbons (Fsp3) is 0.176. The minimum atomic E-state index is -0.939. The molecule has 2 N–H and O–H groups in total. The van der Waals surface area contributed by atoms with Gasteiger partial charge in [-0.05, 0) is 24.3 Å². The second kappa shape index (κ2) is 8.05. The number of amides is 2. The molecule has 2 aromatic rings. The van der Waals surface area contributed by atoms with Gasteiger partial charge in [0.05, 0.1) is 18.2 Å². The Hall–Kier alpha value is -2.96. The summed E-state index contributed by atoms with van der Waals surface area (Å²) < 4.78 is 31.3. The van der Waals surface area contributed by atoms with Gasteiger partial charge in [-0.1, -0.05) is 12.1 Å². The number of para-hydroxylation sites is 1. The minimum Gasteiger partial charge on any atom is -0.496 e. The highest BCUT2D eigenvalue weighted by Crippen LogP contribution is 2.16. The van der Waals surface area contributed by atoms with Gasteiger partial charge in [0, 0.05) is 19.2 Å². The van der Waals surface area contributed by atoms with Gasteiger partial charge in [0.1, 0.15) is 17.4 Å². The Balaban J connectivity index is 1.84. The van der Waals surface area contributed by atoms with Crippen LogP contribution in [-0.4, -0.2) is 32.0 Å². The van der Waals surface area contributed by atoms with Gasteiger partial charge in [0.25, 0.3) is 11.8 Å². The maximum Gasteiger partial charge on any atom is 0.255 e. The number of hydrogen-bond acceptors (Lipinski definition) is 3. The molecule has 2 rings (SSSR count). The molecule has 24 heavy (non-hydrogen) atoms. The van der Waals surface area contributed by atoms with Crippen LogP contribution in [0.1, 0.15) is 20.7 Å². The first-order valence-electron chi connectivity index (χ1n) is 7.17. The summed E-state index contributed by atoms with van der Waals surface area (Å²) in [4.78, 5) is 23.8. The average molecular weight is 334 g/mol. The minimum absolute atomic E-state index is 0.0938. The number of carbonyl (C=O) groups excluding carboxylic acids is 2. The lowest BCUT2D eigenvalue weighted by molar-refractivity contribution is 0.0923. The lowest BCUT2D eigenvalue weighted by Crippen LogP contribution is -2.35. The standard InChI is InChI=1S/C17H16F2N2O3/c1-24-15-5-3-2-4-13(15)17(23)21-9-8-20-16(22)12-7-6-11(18)10-14(12)19/h2-7,10H,8-9H2,1H3,(H,20,22)(H,21,23). The van der Waals surface area contributed by atoms with Crippen molar-refractivity contribution in [2.24, 2.45) is 0 Å². The first-order valence-corrected chi connectivity index (χ1v) is 7.17. The molecule has 0 spiro atoms. The maximum absolute atomic E-state index is 13.5. The summed E-state index contributed by atoms with van der Waals surface area (Å²) in [5.41, 5.74) is 0.114. The van der Waals surface area contributed by atoms with E-state index in [9.17, 15) is 18.4 Å². The number of rotatable bonds is 6. The SMILES string of the molecule is COc1ccccc1C(=O)NCCNC(=O)c1ccc(F)cc1F. The highest BCUT2D eigenvalue weighted by atomic mass is 19.1. The van der Waals surface area contributed by atoms with Crippen molar-refractivity contribution >= 4 is 11.8 Å². The predicted molar refractivity (Wildman–Crippen MR) is 84.0 cm³/mol. The summed E-state index contributed by atoms with van der Waals surface area (Å²) >= 11 is 0. The van der Waals surface area contributed by atoms with Gasteiger partial charge >= 0.3 is 0 Å². The van der Waals surface area contributed by atoms with E-state index < -0.39 is 17.5 Å². The Labute approximate surface area is 137 Å². The number of nitrogens with one attached hydrogen (secondary N) is 2. The van der Waals surface area contributed by atoms with Gasteiger partial charge in [-0.25, -0.2) is 8.78 Å². The molecule has 0 aliphatic heterocycles. The molecular weight excluding hydrogens is 318 g/mol. The Morgan fingerprint density at radius 1 is 0.958 bits per heavy atom. The lowest BCUT2D eigenvalue weighted by Gasteiger charge is -2.10. The van der Waals surface area contributed by atoms with Crippen LogP contribution < -0.4 is 15.4 Å². The molecule has 0 fully saturated rings. The van der Waals surface area contributed by atoms with Gasteiger partial charge in [-0.3, -0.25) is 9.59 Å². The number of hydrogen-bond donors (Lipinski definition) is 2. The maximum atomic E-state index is 13.5. The molecule has 0 saturated carbocycles. The van der Waals surface area contributed by atoms with E-state index in [1.807, 2.05) is 0 Å². The monoisotopic (exact) mass is 334 g/mol. The van der Waals surface area contributed by atoms with Gasteiger partial charge < -0.3 is 15.4 Å². The van der Waals surface area contributed by atoms with Gasteiger partial charge in [-0.15, -0.1) is 0 Å². The van der Waals surface area contributed by atoms with Crippen LogP contribution in [-0.2, 0) is 0 Å². The zero-order valence-electron chi connectivity index (χ0n) is 12.9. The highest BCUT2D eigenvalue weighted by molar-refractivity contribution is 5.97. The summed E-state index contributed by atoms with van der Waals surface area (Å²) in [6.07, 6.45) is 0. The smallest absolute Gasteiger partial charge is 0.255 e. The summed E-state index contributed by atoms with van der Waals surface area (Å²) in [6.45, 7) is 0.238. The van der Waals surface area contributed by atoms with Crippen molar-refractivity contribution in [3.63, 3.8) is 0 Å². The second-order valence-corrected chi connectivity index (χ2v) is 4.84. The molecule has 0 aliphatic rings. The van der Waals surface area contributed by atoms with Crippen molar-refractivity contribution in [1.29, 1.82) is 0 Å². The fourth-order valence-electron chi connectivity index (χ4n) is 2.05. The number of methoxy groups -OCH3 is 1. The van der Waals surface area contributed by atoms with Crippen LogP contribution in [0.4, 0.5) is 8.78 Å². The largest absolute Gasteiger partial charge is 0.496 e. The molecule has 2 aromatic carbocycles. The van der Waals surface area contributed by atoms with Crippen molar-refractivity contribution < 1.29 is 23.1 Å². The topological polar surface area (TPSA) is 67.4 Å². The van der Waals surface area contributed by atoms with Crippen LogP contribution in [0.15, 0.2) is 42.5 Å². The van der Waals surface area contributed by atoms with Crippen LogP contribution in [0, 0.1) is 11.6 Å². The molecule has 5 nitrogen and oxygen atoms in total. The average Bonchev–Trinajstić information content (AvgIpc) is 2.58. The first kappa shape index (κ1) is 17.4.